The molecule has 1 fully saturated rings. The van der Waals surface area contributed by atoms with E-state index in [0.717, 1.165) is 48.1 Å². The van der Waals surface area contributed by atoms with Crippen molar-refractivity contribution >= 4 is 22.7 Å². The van der Waals surface area contributed by atoms with E-state index in [9.17, 15) is 9.59 Å². The molecule has 134 valence electrons. The highest BCUT2D eigenvalue weighted by Crippen LogP contribution is 2.22. The summed E-state index contributed by atoms with van der Waals surface area (Å²) in [4.78, 5) is 31.6. The molecular weight excluding hydrogens is 316 g/mol. The van der Waals surface area contributed by atoms with E-state index in [-0.39, 0.29) is 17.9 Å². The van der Waals surface area contributed by atoms with Crippen LogP contribution in [-0.2, 0) is 4.79 Å². The summed E-state index contributed by atoms with van der Waals surface area (Å²) in [6, 6.07) is 8.03. The lowest BCUT2D eigenvalue weighted by atomic mass is 10.0. The maximum absolute atomic E-state index is 12.8. The molecule has 25 heavy (non-hydrogen) atoms. The summed E-state index contributed by atoms with van der Waals surface area (Å²) < 4.78 is 0. The molecule has 0 bridgehead atoms. The molecule has 2 aromatic rings. The Morgan fingerprint density at radius 2 is 1.92 bits per heavy atom. The predicted molar refractivity (Wildman–Crippen MR) is 98.7 cm³/mol. The van der Waals surface area contributed by atoms with Crippen LogP contribution in [0.1, 0.15) is 28.9 Å². The number of aromatic nitrogens is 1. The monoisotopic (exact) mass is 342 g/mol. The maximum atomic E-state index is 12.8. The topological polar surface area (TPSA) is 68.4 Å². The Kier molecular flexibility index (Phi) is 5.08. The number of para-hydroxylation sites is 1. The van der Waals surface area contributed by atoms with Crippen molar-refractivity contribution in [2.45, 2.75) is 25.8 Å². The Morgan fingerprint density at radius 1 is 1.24 bits per heavy atom. The number of carbonyl (C=O) groups is 2. The molecule has 3 rings (SSSR count). The standard InChI is InChI=1S/C19H26N4O2/c1-13-18(15-6-4-5-7-16(15)20-13)19(25)21-14-8-10-23(11-9-14)12-17(24)22(2)3/h4-7,14,20H,8-12H2,1-3H3,(H,21,25). The third kappa shape index (κ3) is 3.85. The minimum atomic E-state index is -0.0160. The van der Waals surface area contributed by atoms with Gasteiger partial charge in [0.2, 0.25) is 5.91 Å². The molecule has 2 heterocycles. The van der Waals surface area contributed by atoms with Crippen molar-refractivity contribution in [3.05, 3.63) is 35.5 Å². The zero-order valence-corrected chi connectivity index (χ0v) is 15.1. The molecule has 1 aromatic carbocycles. The van der Waals surface area contributed by atoms with Crippen LogP contribution in [0.15, 0.2) is 24.3 Å². The van der Waals surface area contributed by atoms with E-state index in [1.807, 2.05) is 31.2 Å². The normalized spacial score (nSPS) is 16.1. The third-order valence-corrected chi connectivity index (χ3v) is 4.90. The summed E-state index contributed by atoms with van der Waals surface area (Å²) in [5.41, 5.74) is 2.62. The Balaban J connectivity index is 1.59. The van der Waals surface area contributed by atoms with E-state index in [0.29, 0.717) is 6.54 Å². The first kappa shape index (κ1) is 17.5. The maximum Gasteiger partial charge on any atom is 0.253 e. The Bertz CT molecular complexity index is 773. The van der Waals surface area contributed by atoms with Crippen LogP contribution in [0.5, 0.6) is 0 Å². The molecular formula is C19H26N4O2. The van der Waals surface area contributed by atoms with Crippen molar-refractivity contribution < 1.29 is 9.59 Å². The van der Waals surface area contributed by atoms with Crippen molar-refractivity contribution in [1.29, 1.82) is 0 Å². The van der Waals surface area contributed by atoms with Crippen LogP contribution in [0.25, 0.3) is 10.9 Å². The highest BCUT2D eigenvalue weighted by atomic mass is 16.2. The molecule has 0 unspecified atom stereocenters. The van der Waals surface area contributed by atoms with Gasteiger partial charge in [0.25, 0.3) is 5.91 Å². The number of hydrogen-bond acceptors (Lipinski definition) is 3. The van der Waals surface area contributed by atoms with Gasteiger partial charge in [-0.3, -0.25) is 14.5 Å². The van der Waals surface area contributed by atoms with Gasteiger partial charge < -0.3 is 15.2 Å². The van der Waals surface area contributed by atoms with E-state index in [2.05, 4.69) is 15.2 Å². The van der Waals surface area contributed by atoms with Gasteiger partial charge in [-0.1, -0.05) is 18.2 Å². The molecule has 6 nitrogen and oxygen atoms in total. The fourth-order valence-corrected chi connectivity index (χ4v) is 3.39. The zero-order chi connectivity index (χ0) is 18.0. The fraction of sp³-hybridized carbons (Fsp3) is 0.474. The van der Waals surface area contributed by atoms with Crippen LogP contribution in [-0.4, -0.2) is 66.4 Å². The van der Waals surface area contributed by atoms with Crippen molar-refractivity contribution in [3.8, 4) is 0 Å². The van der Waals surface area contributed by atoms with Gasteiger partial charge in [-0.05, 0) is 25.8 Å². The fourth-order valence-electron chi connectivity index (χ4n) is 3.39. The third-order valence-electron chi connectivity index (χ3n) is 4.90. The van der Waals surface area contributed by atoms with E-state index < -0.39 is 0 Å². The summed E-state index contributed by atoms with van der Waals surface area (Å²) in [7, 11) is 3.55. The molecule has 1 aliphatic heterocycles. The highest BCUT2D eigenvalue weighted by molar-refractivity contribution is 6.08. The molecule has 2 amide bonds. The number of benzene rings is 1. The number of likely N-dealkylation sites (tertiary alicyclic amines) is 1. The van der Waals surface area contributed by atoms with Crippen LogP contribution in [0, 0.1) is 6.92 Å². The molecule has 1 aromatic heterocycles. The molecule has 1 aliphatic rings. The Labute approximate surface area is 148 Å². The van der Waals surface area contributed by atoms with Crippen molar-refractivity contribution in [2.24, 2.45) is 0 Å². The van der Waals surface area contributed by atoms with Crippen LogP contribution in [0.2, 0.25) is 0 Å². The zero-order valence-electron chi connectivity index (χ0n) is 15.1. The second-order valence-electron chi connectivity index (χ2n) is 6.98. The second kappa shape index (κ2) is 7.27. The summed E-state index contributed by atoms with van der Waals surface area (Å²) in [6.07, 6.45) is 1.74. The van der Waals surface area contributed by atoms with E-state index >= 15 is 0 Å². The van der Waals surface area contributed by atoms with E-state index in [4.69, 9.17) is 0 Å². The average molecular weight is 342 g/mol. The van der Waals surface area contributed by atoms with Gasteiger partial charge in [0, 0.05) is 49.8 Å². The number of aromatic amines is 1. The minimum Gasteiger partial charge on any atom is -0.358 e. The number of H-pyrrole nitrogens is 1. The molecule has 0 saturated carbocycles. The van der Waals surface area contributed by atoms with Gasteiger partial charge in [0.15, 0.2) is 0 Å². The number of nitrogens with zero attached hydrogens (tertiary/aromatic N) is 2. The number of likely N-dealkylation sites (N-methyl/N-ethyl adjacent to an activating group) is 1. The minimum absolute atomic E-state index is 0.0160. The Morgan fingerprint density at radius 3 is 2.60 bits per heavy atom. The molecule has 0 spiro atoms. The number of aryl methyl sites for hydroxylation is 1. The summed E-state index contributed by atoms with van der Waals surface area (Å²) in [6.45, 7) is 4.05. The van der Waals surface area contributed by atoms with Gasteiger partial charge >= 0.3 is 0 Å². The lowest BCUT2D eigenvalue weighted by Crippen LogP contribution is -2.47. The van der Waals surface area contributed by atoms with Gasteiger partial charge in [-0.25, -0.2) is 0 Å². The van der Waals surface area contributed by atoms with Gasteiger partial charge in [0.05, 0.1) is 12.1 Å². The molecule has 0 radical (unpaired) electrons. The number of hydrogen-bond donors (Lipinski definition) is 2. The Hall–Kier alpha value is -2.34. The summed E-state index contributed by atoms with van der Waals surface area (Å²) in [5.74, 6) is 0.106. The van der Waals surface area contributed by atoms with Crippen LogP contribution < -0.4 is 5.32 Å². The number of amides is 2. The average Bonchev–Trinajstić information content (AvgIpc) is 2.92. The predicted octanol–water partition coefficient (Wildman–Crippen LogP) is 1.76. The van der Waals surface area contributed by atoms with E-state index in [1.54, 1.807) is 19.0 Å². The number of carbonyl (C=O) groups excluding carboxylic acids is 2. The molecule has 0 atom stereocenters. The first-order valence-electron chi connectivity index (χ1n) is 8.76. The van der Waals surface area contributed by atoms with Crippen molar-refractivity contribution in [1.82, 2.24) is 20.1 Å². The lowest BCUT2D eigenvalue weighted by molar-refractivity contribution is -0.130. The highest BCUT2D eigenvalue weighted by Gasteiger charge is 2.24. The van der Waals surface area contributed by atoms with Crippen molar-refractivity contribution in [3.63, 3.8) is 0 Å². The number of rotatable bonds is 4. The molecule has 0 aliphatic carbocycles. The van der Waals surface area contributed by atoms with Crippen LogP contribution in [0.3, 0.4) is 0 Å². The lowest BCUT2D eigenvalue weighted by Gasteiger charge is -2.32. The van der Waals surface area contributed by atoms with Gasteiger partial charge in [-0.2, -0.15) is 0 Å². The van der Waals surface area contributed by atoms with Gasteiger partial charge in [0.1, 0.15) is 0 Å². The first-order valence-corrected chi connectivity index (χ1v) is 8.76. The van der Waals surface area contributed by atoms with Crippen LogP contribution >= 0.6 is 0 Å². The van der Waals surface area contributed by atoms with Gasteiger partial charge in [-0.15, -0.1) is 0 Å². The smallest absolute Gasteiger partial charge is 0.253 e. The number of fused-ring (bicyclic) bond motifs is 1. The molecule has 1 saturated heterocycles. The van der Waals surface area contributed by atoms with Crippen molar-refractivity contribution in [2.75, 3.05) is 33.7 Å². The molecule has 2 N–H and O–H groups in total. The van der Waals surface area contributed by atoms with Crippen LogP contribution in [0.4, 0.5) is 0 Å². The van der Waals surface area contributed by atoms with E-state index in [1.165, 1.54) is 0 Å². The number of piperidine rings is 1. The molecule has 6 heteroatoms. The summed E-state index contributed by atoms with van der Waals surface area (Å²) in [5, 5.41) is 4.13. The SMILES string of the molecule is Cc1[nH]c2ccccc2c1C(=O)NC1CCN(CC(=O)N(C)C)CC1. The number of nitrogens with one attached hydrogen (secondary N) is 2. The largest absolute Gasteiger partial charge is 0.358 e. The quantitative estimate of drug-likeness (QED) is 0.890. The first-order chi connectivity index (χ1) is 12.0. The summed E-state index contributed by atoms with van der Waals surface area (Å²) >= 11 is 0. The second-order valence-corrected chi connectivity index (χ2v) is 6.98.